The number of aryl methyl sites for hydroxylation is 2. The lowest BCUT2D eigenvalue weighted by Crippen LogP contribution is -2.35. The molecule has 7 heteroatoms. The first kappa shape index (κ1) is 20.8. The van der Waals surface area contributed by atoms with E-state index in [1.54, 1.807) is 12.1 Å². The molecule has 0 saturated heterocycles. The van der Waals surface area contributed by atoms with Crippen molar-refractivity contribution < 1.29 is 23.5 Å². The average molecular weight is 391 g/mol. The van der Waals surface area contributed by atoms with E-state index in [2.05, 4.69) is 5.32 Å². The van der Waals surface area contributed by atoms with Gasteiger partial charge in [-0.3, -0.25) is 14.4 Å². The molecular weight excluding hydrogens is 369 g/mol. The van der Waals surface area contributed by atoms with Crippen LogP contribution in [0.4, 0.5) is 4.39 Å². The molecule has 144 valence electrons. The zero-order chi connectivity index (χ0) is 20.0. The summed E-state index contributed by atoms with van der Waals surface area (Å²) in [5, 5.41) is 2.62. The molecule has 0 radical (unpaired) electrons. The van der Waals surface area contributed by atoms with Crippen LogP contribution in [0, 0.1) is 19.7 Å². The van der Waals surface area contributed by atoms with Crippen molar-refractivity contribution in [1.82, 2.24) is 5.32 Å². The highest BCUT2D eigenvalue weighted by atomic mass is 32.1. The van der Waals surface area contributed by atoms with E-state index in [1.165, 1.54) is 30.4 Å². The van der Waals surface area contributed by atoms with E-state index in [1.807, 2.05) is 19.9 Å². The van der Waals surface area contributed by atoms with Crippen molar-refractivity contribution in [2.75, 3.05) is 0 Å². The Morgan fingerprint density at radius 1 is 1.15 bits per heavy atom. The summed E-state index contributed by atoms with van der Waals surface area (Å²) in [5.41, 5.74) is 1.37. The van der Waals surface area contributed by atoms with Gasteiger partial charge in [0.1, 0.15) is 5.82 Å². The molecule has 1 N–H and O–H groups in total. The minimum Gasteiger partial charge on any atom is -0.453 e. The summed E-state index contributed by atoms with van der Waals surface area (Å²) < 4.78 is 17.9. The third-order valence-corrected chi connectivity index (χ3v) is 4.92. The van der Waals surface area contributed by atoms with Gasteiger partial charge in [0.05, 0.1) is 6.42 Å². The highest BCUT2D eigenvalue weighted by molar-refractivity contribution is 7.12. The lowest BCUT2D eigenvalue weighted by Gasteiger charge is -2.13. The van der Waals surface area contributed by atoms with Crippen LogP contribution in [0.15, 0.2) is 30.3 Å². The van der Waals surface area contributed by atoms with Crippen LogP contribution in [0.3, 0.4) is 0 Å². The summed E-state index contributed by atoms with van der Waals surface area (Å²) in [6.07, 6.45) is -1.01. The normalized spacial score (nSPS) is 11.7. The number of hydrogen-bond acceptors (Lipinski definition) is 5. The quantitative estimate of drug-likeness (QED) is 0.550. The standard InChI is InChI=1S/C20H22FNO4S/c1-12-10-17(14(3)27-12)18(23)8-9-19(24)26-13(2)20(25)22-11-15-4-6-16(21)7-5-15/h4-7,10,13H,8-9,11H2,1-3H3,(H,22,25)/t13-/m0/s1. The number of hydrogen-bond donors (Lipinski definition) is 1. The number of ether oxygens (including phenoxy) is 1. The number of amides is 1. The maximum atomic E-state index is 12.8. The molecule has 2 rings (SSSR count). The highest BCUT2D eigenvalue weighted by Crippen LogP contribution is 2.22. The number of esters is 1. The molecular formula is C20H22FNO4S. The zero-order valence-electron chi connectivity index (χ0n) is 15.5. The smallest absolute Gasteiger partial charge is 0.307 e. The molecule has 0 unspecified atom stereocenters. The first-order chi connectivity index (χ1) is 12.8. The van der Waals surface area contributed by atoms with Gasteiger partial charge in [0.2, 0.25) is 0 Å². The summed E-state index contributed by atoms with van der Waals surface area (Å²) in [4.78, 5) is 38.1. The summed E-state index contributed by atoms with van der Waals surface area (Å²) in [7, 11) is 0. The maximum Gasteiger partial charge on any atom is 0.307 e. The van der Waals surface area contributed by atoms with Gasteiger partial charge in [0.25, 0.3) is 5.91 Å². The lowest BCUT2D eigenvalue weighted by molar-refractivity contribution is -0.154. The summed E-state index contributed by atoms with van der Waals surface area (Å²) in [5.74, 6) is -1.52. The molecule has 1 amide bonds. The Labute approximate surface area is 161 Å². The lowest BCUT2D eigenvalue weighted by atomic mass is 10.1. The SMILES string of the molecule is Cc1cc(C(=O)CCC(=O)O[C@@H](C)C(=O)NCc2ccc(F)cc2)c(C)s1. The Kier molecular flexibility index (Phi) is 7.24. The maximum absolute atomic E-state index is 12.8. The van der Waals surface area contributed by atoms with Crippen molar-refractivity contribution in [3.63, 3.8) is 0 Å². The minimum atomic E-state index is -0.974. The minimum absolute atomic E-state index is 0.0414. The molecule has 2 aromatic rings. The Morgan fingerprint density at radius 2 is 1.81 bits per heavy atom. The van der Waals surface area contributed by atoms with E-state index in [4.69, 9.17) is 4.74 Å². The van der Waals surface area contributed by atoms with E-state index in [0.717, 1.165) is 15.3 Å². The molecule has 0 saturated carbocycles. The molecule has 27 heavy (non-hydrogen) atoms. The van der Waals surface area contributed by atoms with E-state index in [-0.39, 0.29) is 31.0 Å². The number of rotatable bonds is 8. The van der Waals surface area contributed by atoms with Crippen molar-refractivity contribution in [3.8, 4) is 0 Å². The Bertz CT molecular complexity index is 829. The van der Waals surface area contributed by atoms with Gasteiger partial charge >= 0.3 is 5.97 Å². The van der Waals surface area contributed by atoms with Crippen molar-refractivity contribution >= 4 is 29.0 Å². The predicted molar refractivity (Wildman–Crippen MR) is 101 cm³/mol. The fraction of sp³-hybridized carbons (Fsp3) is 0.350. The molecule has 1 aromatic carbocycles. The van der Waals surface area contributed by atoms with Crippen LogP contribution >= 0.6 is 11.3 Å². The number of carbonyl (C=O) groups is 3. The van der Waals surface area contributed by atoms with E-state index < -0.39 is 18.0 Å². The van der Waals surface area contributed by atoms with Gasteiger partial charge in [0.15, 0.2) is 11.9 Å². The van der Waals surface area contributed by atoms with E-state index in [9.17, 15) is 18.8 Å². The van der Waals surface area contributed by atoms with Crippen molar-refractivity contribution in [2.24, 2.45) is 0 Å². The van der Waals surface area contributed by atoms with E-state index >= 15 is 0 Å². The van der Waals surface area contributed by atoms with Crippen LogP contribution in [0.25, 0.3) is 0 Å². The first-order valence-electron chi connectivity index (χ1n) is 8.58. The number of thiophene rings is 1. The molecule has 0 aliphatic rings. The third-order valence-electron chi connectivity index (χ3n) is 3.96. The van der Waals surface area contributed by atoms with Gasteiger partial charge in [-0.05, 0) is 44.5 Å². The second kappa shape index (κ2) is 9.41. The van der Waals surface area contributed by atoms with Crippen LogP contribution in [0.1, 0.15) is 45.4 Å². The summed E-state index contributed by atoms with van der Waals surface area (Å²) in [6.45, 7) is 5.47. The number of carbonyl (C=O) groups excluding carboxylic acids is 3. The fourth-order valence-electron chi connectivity index (χ4n) is 2.50. The zero-order valence-corrected chi connectivity index (χ0v) is 16.3. The Balaban J connectivity index is 1.75. The number of nitrogens with one attached hydrogen (secondary N) is 1. The molecule has 1 heterocycles. The van der Waals surface area contributed by atoms with Gasteiger partial charge in [-0.25, -0.2) is 4.39 Å². The third kappa shape index (κ3) is 6.29. The van der Waals surface area contributed by atoms with E-state index in [0.29, 0.717) is 5.56 Å². The van der Waals surface area contributed by atoms with Gasteiger partial charge in [0, 0.05) is 28.3 Å². The number of Topliss-reactive ketones (excluding diaryl/α,β-unsaturated/α-hetero) is 1. The van der Waals surface area contributed by atoms with Crippen LogP contribution in [0.5, 0.6) is 0 Å². The molecule has 0 aliphatic heterocycles. The van der Waals surface area contributed by atoms with Crippen LogP contribution in [-0.2, 0) is 20.9 Å². The first-order valence-corrected chi connectivity index (χ1v) is 9.39. The van der Waals surface area contributed by atoms with Crippen LogP contribution in [-0.4, -0.2) is 23.8 Å². The number of benzene rings is 1. The second-order valence-electron chi connectivity index (χ2n) is 6.23. The molecule has 0 aliphatic carbocycles. The second-order valence-corrected chi connectivity index (χ2v) is 7.69. The average Bonchev–Trinajstić information content (AvgIpc) is 2.97. The van der Waals surface area contributed by atoms with Gasteiger partial charge in [-0.15, -0.1) is 11.3 Å². The Morgan fingerprint density at radius 3 is 2.41 bits per heavy atom. The van der Waals surface area contributed by atoms with Crippen LogP contribution in [0.2, 0.25) is 0 Å². The molecule has 0 spiro atoms. The van der Waals surface area contributed by atoms with Gasteiger partial charge in [-0.2, -0.15) is 0 Å². The Hall–Kier alpha value is -2.54. The highest BCUT2D eigenvalue weighted by Gasteiger charge is 2.19. The number of halogens is 1. The predicted octanol–water partition coefficient (Wildman–Crippen LogP) is 3.72. The fourth-order valence-corrected chi connectivity index (χ4v) is 3.45. The topological polar surface area (TPSA) is 72.5 Å². The molecule has 0 fully saturated rings. The molecule has 1 atom stereocenters. The van der Waals surface area contributed by atoms with Crippen molar-refractivity contribution in [3.05, 3.63) is 57.0 Å². The summed E-state index contributed by atoms with van der Waals surface area (Å²) in [6, 6.07) is 7.55. The van der Waals surface area contributed by atoms with Crippen molar-refractivity contribution in [2.45, 2.75) is 46.3 Å². The molecule has 5 nitrogen and oxygen atoms in total. The molecule has 0 bridgehead atoms. The summed E-state index contributed by atoms with van der Waals surface area (Å²) >= 11 is 1.54. The largest absolute Gasteiger partial charge is 0.453 e. The molecule has 1 aromatic heterocycles. The van der Waals surface area contributed by atoms with Gasteiger partial charge in [-0.1, -0.05) is 12.1 Å². The number of ketones is 1. The van der Waals surface area contributed by atoms with Crippen molar-refractivity contribution in [1.29, 1.82) is 0 Å². The van der Waals surface area contributed by atoms with Gasteiger partial charge < -0.3 is 10.1 Å². The van der Waals surface area contributed by atoms with Crippen LogP contribution < -0.4 is 5.32 Å². The monoisotopic (exact) mass is 391 g/mol.